The van der Waals surface area contributed by atoms with E-state index in [0.717, 1.165) is 11.1 Å². The number of amides is 1. The van der Waals surface area contributed by atoms with E-state index < -0.39 is 10.0 Å². The molecule has 0 saturated heterocycles. The molecule has 0 aliphatic heterocycles. The summed E-state index contributed by atoms with van der Waals surface area (Å²) in [7, 11) is -1.86. The van der Waals surface area contributed by atoms with E-state index in [-0.39, 0.29) is 11.7 Å². The summed E-state index contributed by atoms with van der Waals surface area (Å²) in [5.41, 5.74) is 3.05. The summed E-state index contributed by atoms with van der Waals surface area (Å²) >= 11 is 0. The molecule has 128 valence electrons. The lowest BCUT2D eigenvalue weighted by atomic mass is 10.1. The summed E-state index contributed by atoms with van der Waals surface area (Å²) in [6.45, 7) is 4.01. The van der Waals surface area contributed by atoms with Crippen molar-refractivity contribution in [1.29, 1.82) is 0 Å². The Balaban J connectivity index is 2.12. The van der Waals surface area contributed by atoms with Gasteiger partial charge in [0, 0.05) is 19.2 Å². The number of carbonyl (C=O) groups is 1. The molecule has 0 atom stereocenters. The Kier molecular flexibility index (Phi) is 5.62. The average Bonchev–Trinajstić information content (AvgIpc) is 2.59. The van der Waals surface area contributed by atoms with Crippen LogP contribution >= 0.6 is 0 Å². The van der Waals surface area contributed by atoms with Crippen molar-refractivity contribution < 1.29 is 13.2 Å². The van der Waals surface area contributed by atoms with Gasteiger partial charge in [-0.25, -0.2) is 8.42 Å². The van der Waals surface area contributed by atoms with Crippen LogP contribution in [0.4, 0.5) is 5.69 Å². The monoisotopic (exact) mass is 346 g/mol. The largest absolute Gasteiger partial charge is 0.348 e. The minimum absolute atomic E-state index is 0.00722. The Bertz CT molecular complexity index is 832. The highest BCUT2D eigenvalue weighted by atomic mass is 32.2. The number of anilines is 1. The number of carbonyl (C=O) groups excluding carboxylic acids is 1. The smallest absolute Gasteiger partial charge is 0.251 e. The van der Waals surface area contributed by atoms with Gasteiger partial charge in [0.05, 0.1) is 11.4 Å². The van der Waals surface area contributed by atoms with Gasteiger partial charge in [0.15, 0.2) is 0 Å². The molecule has 0 spiro atoms. The molecule has 0 aliphatic carbocycles. The van der Waals surface area contributed by atoms with Gasteiger partial charge in [-0.2, -0.15) is 0 Å². The van der Waals surface area contributed by atoms with Crippen molar-refractivity contribution in [1.82, 2.24) is 5.32 Å². The first-order valence-electron chi connectivity index (χ1n) is 7.74. The van der Waals surface area contributed by atoms with Gasteiger partial charge in [0.1, 0.15) is 0 Å². The first-order valence-corrected chi connectivity index (χ1v) is 9.35. The van der Waals surface area contributed by atoms with E-state index in [9.17, 15) is 13.2 Å². The van der Waals surface area contributed by atoms with Crippen LogP contribution in [0.2, 0.25) is 0 Å². The molecule has 0 fully saturated rings. The fourth-order valence-corrected chi connectivity index (χ4v) is 3.13. The molecule has 0 heterocycles. The molecule has 2 rings (SSSR count). The number of aryl methyl sites for hydroxylation is 1. The number of hydrogen-bond acceptors (Lipinski definition) is 3. The van der Waals surface area contributed by atoms with E-state index in [0.29, 0.717) is 17.8 Å². The summed E-state index contributed by atoms with van der Waals surface area (Å²) < 4.78 is 25.1. The topological polar surface area (TPSA) is 66.5 Å². The zero-order valence-corrected chi connectivity index (χ0v) is 14.9. The van der Waals surface area contributed by atoms with Gasteiger partial charge in [0.25, 0.3) is 5.91 Å². The minimum atomic E-state index is -3.35. The fourth-order valence-electron chi connectivity index (χ4n) is 2.30. The summed E-state index contributed by atoms with van der Waals surface area (Å²) in [6, 6.07) is 14.5. The van der Waals surface area contributed by atoms with Gasteiger partial charge in [-0.15, -0.1) is 0 Å². The van der Waals surface area contributed by atoms with E-state index >= 15 is 0 Å². The zero-order chi connectivity index (χ0) is 17.7. The Morgan fingerprint density at radius 2 is 1.83 bits per heavy atom. The van der Waals surface area contributed by atoms with Crippen LogP contribution in [0.5, 0.6) is 0 Å². The highest BCUT2D eigenvalue weighted by molar-refractivity contribution is 7.92. The van der Waals surface area contributed by atoms with Crippen molar-refractivity contribution in [2.45, 2.75) is 20.4 Å². The molecule has 0 radical (unpaired) electrons. The van der Waals surface area contributed by atoms with Crippen LogP contribution in [-0.2, 0) is 16.6 Å². The lowest BCUT2D eigenvalue weighted by molar-refractivity contribution is 0.0951. The molecule has 0 unspecified atom stereocenters. The van der Waals surface area contributed by atoms with Crippen molar-refractivity contribution in [3.8, 4) is 0 Å². The van der Waals surface area contributed by atoms with Crippen LogP contribution < -0.4 is 9.62 Å². The maximum Gasteiger partial charge on any atom is 0.251 e. The second kappa shape index (κ2) is 7.49. The molecule has 0 bridgehead atoms. The van der Waals surface area contributed by atoms with Crippen LogP contribution in [0.1, 0.15) is 28.4 Å². The molecule has 0 aliphatic rings. The van der Waals surface area contributed by atoms with Crippen LogP contribution in [0, 0.1) is 6.92 Å². The lowest BCUT2D eigenvalue weighted by Gasteiger charge is -2.19. The fraction of sp³-hybridized carbons (Fsp3) is 0.278. The third-order valence-corrected chi connectivity index (χ3v) is 5.56. The van der Waals surface area contributed by atoms with Gasteiger partial charge < -0.3 is 5.32 Å². The molecule has 1 amide bonds. The van der Waals surface area contributed by atoms with Crippen molar-refractivity contribution >= 4 is 21.6 Å². The van der Waals surface area contributed by atoms with E-state index in [4.69, 9.17) is 0 Å². The molecule has 2 aromatic rings. The molecular formula is C18H22N2O3S. The highest BCUT2D eigenvalue weighted by Gasteiger charge is 2.17. The maximum atomic E-state index is 12.3. The molecule has 1 N–H and O–H groups in total. The van der Waals surface area contributed by atoms with Crippen LogP contribution in [0.3, 0.4) is 0 Å². The second-order valence-electron chi connectivity index (χ2n) is 5.59. The number of hydrogen-bond donors (Lipinski definition) is 1. The van der Waals surface area contributed by atoms with Gasteiger partial charge in [-0.3, -0.25) is 9.10 Å². The Morgan fingerprint density at radius 1 is 1.12 bits per heavy atom. The van der Waals surface area contributed by atoms with E-state index in [1.807, 2.05) is 31.2 Å². The van der Waals surface area contributed by atoms with Gasteiger partial charge in [-0.1, -0.05) is 35.9 Å². The Labute approximate surface area is 143 Å². The standard InChI is InChI=1S/C18H22N2O3S/c1-4-24(22,23)20(3)17-10-6-9-16(12-17)18(21)19-13-15-8-5-7-14(2)11-15/h5-12H,4,13H2,1-3H3,(H,19,21). The SMILES string of the molecule is CCS(=O)(=O)N(C)c1cccc(C(=O)NCc2cccc(C)c2)c1. The predicted molar refractivity (Wildman–Crippen MR) is 96.7 cm³/mol. The van der Waals surface area contributed by atoms with Crippen molar-refractivity contribution in [3.05, 3.63) is 65.2 Å². The summed E-state index contributed by atoms with van der Waals surface area (Å²) in [5.74, 6) is -0.228. The number of nitrogens with zero attached hydrogens (tertiary/aromatic N) is 1. The van der Waals surface area contributed by atoms with Gasteiger partial charge >= 0.3 is 0 Å². The Hall–Kier alpha value is -2.34. The number of benzene rings is 2. The minimum Gasteiger partial charge on any atom is -0.348 e. The molecule has 6 heteroatoms. The van der Waals surface area contributed by atoms with E-state index in [2.05, 4.69) is 5.32 Å². The third-order valence-electron chi connectivity index (χ3n) is 3.79. The molecule has 0 saturated carbocycles. The van der Waals surface area contributed by atoms with E-state index in [1.54, 1.807) is 31.2 Å². The first kappa shape index (κ1) is 18.0. The van der Waals surface area contributed by atoms with Crippen LogP contribution in [0.25, 0.3) is 0 Å². The molecule has 24 heavy (non-hydrogen) atoms. The van der Waals surface area contributed by atoms with Crippen molar-refractivity contribution in [3.63, 3.8) is 0 Å². The Morgan fingerprint density at radius 3 is 2.50 bits per heavy atom. The van der Waals surface area contributed by atoms with E-state index in [1.165, 1.54) is 11.4 Å². The molecular weight excluding hydrogens is 324 g/mol. The summed E-state index contributed by atoms with van der Waals surface area (Å²) in [6.07, 6.45) is 0. The molecule has 2 aromatic carbocycles. The summed E-state index contributed by atoms with van der Waals surface area (Å²) in [4.78, 5) is 12.3. The van der Waals surface area contributed by atoms with Crippen LogP contribution in [-0.4, -0.2) is 27.1 Å². The number of rotatable bonds is 6. The zero-order valence-electron chi connectivity index (χ0n) is 14.1. The first-order chi connectivity index (χ1) is 11.3. The number of sulfonamides is 1. The third kappa shape index (κ3) is 4.35. The lowest BCUT2D eigenvalue weighted by Crippen LogP contribution is -2.28. The molecule has 5 nitrogen and oxygen atoms in total. The summed E-state index contributed by atoms with van der Waals surface area (Å²) in [5, 5.41) is 2.85. The van der Waals surface area contributed by atoms with Gasteiger partial charge in [-0.05, 0) is 37.6 Å². The average molecular weight is 346 g/mol. The molecule has 0 aromatic heterocycles. The normalized spacial score (nSPS) is 11.1. The predicted octanol–water partition coefficient (Wildman–Crippen LogP) is 2.71. The van der Waals surface area contributed by atoms with Crippen molar-refractivity contribution in [2.24, 2.45) is 0 Å². The quantitative estimate of drug-likeness (QED) is 0.874. The number of nitrogens with one attached hydrogen (secondary N) is 1. The van der Waals surface area contributed by atoms with Gasteiger partial charge in [0.2, 0.25) is 10.0 Å². The maximum absolute atomic E-state index is 12.3. The van der Waals surface area contributed by atoms with Crippen LogP contribution in [0.15, 0.2) is 48.5 Å². The highest BCUT2D eigenvalue weighted by Crippen LogP contribution is 2.18. The second-order valence-corrected chi connectivity index (χ2v) is 7.88. The van der Waals surface area contributed by atoms with Crippen molar-refractivity contribution in [2.75, 3.05) is 17.1 Å².